The fraction of sp³-hybridized carbons (Fsp3) is 0.286. The van der Waals surface area contributed by atoms with Crippen LogP contribution >= 0.6 is 23.3 Å². The molecule has 0 aliphatic carbocycles. The first-order valence-electron chi connectivity index (χ1n) is 5.64. The molecule has 1 nitrogen and oxygen atoms in total. The fourth-order valence-electron chi connectivity index (χ4n) is 1.34. The van der Waals surface area contributed by atoms with Gasteiger partial charge in [-0.3, -0.25) is 4.72 Å². The van der Waals surface area contributed by atoms with Crippen LogP contribution in [0.3, 0.4) is 0 Å². The smallest absolute Gasteiger partial charge is 0.0758 e. The van der Waals surface area contributed by atoms with E-state index >= 15 is 0 Å². The average molecular weight is 263 g/mol. The normalized spacial score (nSPS) is 11.7. The molecular weight excluding hydrogens is 246 g/mol. The van der Waals surface area contributed by atoms with E-state index in [9.17, 15) is 0 Å². The van der Waals surface area contributed by atoms with Crippen molar-refractivity contribution in [2.45, 2.75) is 30.5 Å². The highest BCUT2D eigenvalue weighted by Gasteiger charge is 2.10. The molecular formula is C14H17NS2. The van der Waals surface area contributed by atoms with E-state index in [1.165, 1.54) is 14.6 Å². The second-order valence-corrected chi connectivity index (χ2v) is 7.13. The molecule has 0 atom stereocenters. The number of hydrogen-bond donors (Lipinski definition) is 1. The van der Waals surface area contributed by atoms with Crippen molar-refractivity contribution in [3.8, 4) is 10.4 Å². The summed E-state index contributed by atoms with van der Waals surface area (Å²) >= 11 is 3.54. The highest BCUT2D eigenvalue weighted by atomic mass is 32.2. The third kappa shape index (κ3) is 3.87. The van der Waals surface area contributed by atoms with Crippen molar-refractivity contribution in [3.63, 3.8) is 0 Å². The molecule has 0 unspecified atom stereocenters. The summed E-state index contributed by atoms with van der Waals surface area (Å²) in [5.74, 6) is 0. The number of rotatable bonds is 3. The molecule has 0 saturated heterocycles. The molecule has 0 saturated carbocycles. The topological polar surface area (TPSA) is 12.0 Å². The van der Waals surface area contributed by atoms with Crippen molar-refractivity contribution < 1.29 is 0 Å². The van der Waals surface area contributed by atoms with Crippen molar-refractivity contribution in [3.05, 3.63) is 42.5 Å². The molecule has 1 N–H and O–H groups in total. The lowest BCUT2D eigenvalue weighted by molar-refractivity contribution is 0.536. The molecule has 0 radical (unpaired) electrons. The fourth-order valence-corrected chi connectivity index (χ4v) is 3.18. The minimum atomic E-state index is 0.140. The molecule has 0 amide bonds. The van der Waals surface area contributed by atoms with Gasteiger partial charge in [-0.2, -0.15) is 0 Å². The number of nitrogens with one attached hydrogen (secondary N) is 1. The van der Waals surface area contributed by atoms with Crippen LogP contribution in [0, 0.1) is 0 Å². The number of hydrogen-bond acceptors (Lipinski definition) is 3. The van der Waals surface area contributed by atoms with Crippen LogP contribution in [0.25, 0.3) is 10.4 Å². The molecule has 3 heteroatoms. The number of benzene rings is 1. The molecule has 0 fully saturated rings. The largest absolute Gasteiger partial charge is 0.254 e. The van der Waals surface area contributed by atoms with Gasteiger partial charge >= 0.3 is 0 Å². The van der Waals surface area contributed by atoms with Gasteiger partial charge in [0.25, 0.3) is 0 Å². The molecule has 0 aliphatic heterocycles. The average Bonchev–Trinajstić information content (AvgIpc) is 2.75. The van der Waals surface area contributed by atoms with Crippen LogP contribution in [0.4, 0.5) is 0 Å². The van der Waals surface area contributed by atoms with Gasteiger partial charge in [-0.25, -0.2) is 0 Å². The van der Waals surface area contributed by atoms with E-state index in [2.05, 4.69) is 61.9 Å². The van der Waals surface area contributed by atoms with Crippen LogP contribution in [0.15, 0.2) is 46.7 Å². The van der Waals surface area contributed by atoms with Crippen LogP contribution < -0.4 is 4.72 Å². The molecule has 0 aliphatic rings. The van der Waals surface area contributed by atoms with Crippen LogP contribution in [0.2, 0.25) is 0 Å². The second kappa shape index (κ2) is 5.25. The van der Waals surface area contributed by atoms with Gasteiger partial charge in [-0.15, -0.1) is 11.3 Å². The third-order valence-electron chi connectivity index (χ3n) is 2.10. The molecule has 0 bridgehead atoms. The van der Waals surface area contributed by atoms with E-state index in [-0.39, 0.29) is 5.54 Å². The first-order valence-corrected chi connectivity index (χ1v) is 7.27. The number of thiophene rings is 1. The molecule has 17 heavy (non-hydrogen) atoms. The quantitative estimate of drug-likeness (QED) is 0.798. The lowest BCUT2D eigenvalue weighted by Gasteiger charge is -2.18. The Bertz CT molecular complexity index is 468. The van der Waals surface area contributed by atoms with Gasteiger partial charge in [-0.1, -0.05) is 30.3 Å². The molecule has 1 heterocycles. The van der Waals surface area contributed by atoms with Crippen molar-refractivity contribution in [1.29, 1.82) is 0 Å². The SMILES string of the molecule is CC(C)(C)NSc1ccc(-c2ccccc2)s1. The Balaban J connectivity index is 2.07. The van der Waals surface area contributed by atoms with Gasteiger partial charge in [0.2, 0.25) is 0 Å². The summed E-state index contributed by atoms with van der Waals surface area (Å²) in [5, 5.41) is 0. The van der Waals surface area contributed by atoms with Gasteiger partial charge in [-0.05, 0) is 50.4 Å². The zero-order valence-corrected chi connectivity index (χ0v) is 12.0. The summed E-state index contributed by atoms with van der Waals surface area (Å²) in [4.78, 5) is 1.32. The van der Waals surface area contributed by atoms with Crippen molar-refractivity contribution >= 4 is 23.3 Å². The molecule has 1 aromatic carbocycles. The first kappa shape index (κ1) is 12.7. The summed E-state index contributed by atoms with van der Waals surface area (Å²) in [7, 11) is 0. The van der Waals surface area contributed by atoms with E-state index in [1.54, 1.807) is 11.9 Å². The Hall–Kier alpha value is -0.770. The summed E-state index contributed by atoms with van der Waals surface area (Å²) in [6.07, 6.45) is 0. The first-order chi connectivity index (χ1) is 8.04. The monoisotopic (exact) mass is 263 g/mol. The zero-order valence-electron chi connectivity index (χ0n) is 10.4. The van der Waals surface area contributed by atoms with E-state index in [0.717, 1.165) is 0 Å². The van der Waals surface area contributed by atoms with Crippen LogP contribution in [0.1, 0.15) is 20.8 Å². The molecule has 0 spiro atoms. The minimum absolute atomic E-state index is 0.140. The maximum Gasteiger partial charge on any atom is 0.0758 e. The van der Waals surface area contributed by atoms with Crippen molar-refractivity contribution in [1.82, 2.24) is 4.72 Å². The Morgan fingerprint density at radius 3 is 2.35 bits per heavy atom. The molecule has 90 valence electrons. The lowest BCUT2D eigenvalue weighted by Crippen LogP contribution is -2.29. The summed E-state index contributed by atoms with van der Waals surface area (Å²) in [5.41, 5.74) is 1.43. The van der Waals surface area contributed by atoms with Gasteiger partial charge in [0, 0.05) is 10.4 Å². The highest BCUT2D eigenvalue weighted by molar-refractivity contribution is 7.99. The van der Waals surface area contributed by atoms with Gasteiger partial charge in [0.05, 0.1) is 4.21 Å². The maximum absolute atomic E-state index is 3.43. The highest BCUT2D eigenvalue weighted by Crippen LogP contribution is 2.33. The Morgan fingerprint density at radius 2 is 1.71 bits per heavy atom. The van der Waals surface area contributed by atoms with E-state index in [0.29, 0.717) is 0 Å². The predicted molar refractivity (Wildman–Crippen MR) is 78.5 cm³/mol. The van der Waals surface area contributed by atoms with Gasteiger partial charge < -0.3 is 0 Å². The molecule has 2 aromatic rings. The lowest BCUT2D eigenvalue weighted by atomic mass is 10.1. The summed E-state index contributed by atoms with van der Waals surface area (Å²) < 4.78 is 4.73. The standard InChI is InChI=1S/C14H17NS2/c1-14(2,3)15-17-13-10-9-12(16-13)11-7-5-4-6-8-11/h4-10,15H,1-3H3. The Morgan fingerprint density at radius 1 is 1.00 bits per heavy atom. The summed E-state index contributed by atoms with van der Waals surface area (Å²) in [6.45, 7) is 6.52. The van der Waals surface area contributed by atoms with E-state index in [1.807, 2.05) is 17.4 Å². The van der Waals surface area contributed by atoms with Crippen LogP contribution in [-0.4, -0.2) is 5.54 Å². The van der Waals surface area contributed by atoms with Gasteiger partial charge in [0.1, 0.15) is 0 Å². The van der Waals surface area contributed by atoms with Crippen LogP contribution in [-0.2, 0) is 0 Å². The third-order valence-corrected chi connectivity index (χ3v) is 4.58. The Labute approximate surface area is 111 Å². The molecule has 2 rings (SSSR count). The van der Waals surface area contributed by atoms with Gasteiger partial charge in [0.15, 0.2) is 0 Å². The second-order valence-electron chi connectivity index (χ2n) is 4.94. The molecule has 1 aromatic heterocycles. The minimum Gasteiger partial charge on any atom is -0.254 e. The predicted octanol–water partition coefficient (Wildman–Crippen LogP) is 4.81. The van der Waals surface area contributed by atoms with Crippen LogP contribution in [0.5, 0.6) is 0 Å². The zero-order chi connectivity index (χ0) is 12.3. The maximum atomic E-state index is 3.43. The van der Waals surface area contributed by atoms with E-state index < -0.39 is 0 Å². The Kier molecular flexibility index (Phi) is 3.92. The van der Waals surface area contributed by atoms with E-state index in [4.69, 9.17) is 0 Å². The van der Waals surface area contributed by atoms with Crippen molar-refractivity contribution in [2.24, 2.45) is 0 Å². The summed E-state index contributed by atoms with van der Waals surface area (Å²) in [6, 6.07) is 14.9. The van der Waals surface area contributed by atoms with Crippen molar-refractivity contribution in [2.75, 3.05) is 0 Å².